The van der Waals surface area contributed by atoms with Crippen LogP contribution in [-0.4, -0.2) is 0 Å². The first-order chi connectivity index (χ1) is 3.81. The maximum absolute atomic E-state index is 3.30. The Morgan fingerprint density at radius 3 is 2.38 bits per heavy atom. The minimum atomic E-state index is 0.843. The van der Waals surface area contributed by atoms with E-state index in [0.29, 0.717) is 0 Å². The van der Waals surface area contributed by atoms with Gasteiger partial charge in [0.1, 0.15) is 0 Å². The van der Waals surface area contributed by atoms with Gasteiger partial charge in [0.2, 0.25) is 0 Å². The van der Waals surface area contributed by atoms with Crippen LogP contribution in [0.4, 0.5) is 0 Å². The molecule has 2 radical (unpaired) electrons. The van der Waals surface area contributed by atoms with E-state index >= 15 is 0 Å². The summed E-state index contributed by atoms with van der Waals surface area (Å²) < 4.78 is 0. The minimum absolute atomic E-state index is 0.843. The largest absolute Gasteiger partial charge is 0.0651 e. The molecule has 1 atom stereocenters. The molecule has 1 unspecified atom stereocenters. The molecule has 0 bridgehead atoms. The molecule has 0 aliphatic heterocycles. The van der Waals surface area contributed by atoms with Gasteiger partial charge in [0.25, 0.3) is 0 Å². The monoisotopic (exact) mass is 112 g/mol. The second kappa shape index (κ2) is 5.14. The third-order valence-corrected chi connectivity index (χ3v) is 1.44. The van der Waals surface area contributed by atoms with Crippen LogP contribution in [0.1, 0.15) is 40.0 Å². The van der Waals surface area contributed by atoms with Gasteiger partial charge in [-0.15, -0.1) is 0 Å². The second-order valence-electron chi connectivity index (χ2n) is 2.32. The summed E-state index contributed by atoms with van der Waals surface area (Å²) >= 11 is 0. The maximum Gasteiger partial charge on any atom is -0.0174 e. The van der Waals surface area contributed by atoms with E-state index in [2.05, 4.69) is 27.2 Å². The van der Waals surface area contributed by atoms with Gasteiger partial charge >= 0.3 is 0 Å². The predicted octanol–water partition coefficient (Wildman–Crippen LogP) is 2.91. The highest BCUT2D eigenvalue weighted by Gasteiger charge is 1.95. The molecule has 0 aromatic heterocycles. The van der Waals surface area contributed by atoms with Crippen molar-refractivity contribution in [3.05, 3.63) is 6.42 Å². The van der Waals surface area contributed by atoms with Crippen molar-refractivity contribution in [2.45, 2.75) is 40.0 Å². The fourth-order valence-electron chi connectivity index (χ4n) is 0.535. The van der Waals surface area contributed by atoms with E-state index in [1.807, 2.05) is 0 Å². The third-order valence-electron chi connectivity index (χ3n) is 1.44. The van der Waals surface area contributed by atoms with E-state index < -0.39 is 0 Å². The molecule has 0 heteroatoms. The normalized spacial score (nSPS) is 13.9. The molecule has 0 nitrogen and oxygen atoms in total. The molecular weight excluding hydrogens is 96.1 g/mol. The fraction of sp³-hybridized carbons (Fsp3) is 0.875. The quantitative estimate of drug-likeness (QED) is 0.524. The topological polar surface area (TPSA) is 0 Å². The zero-order chi connectivity index (χ0) is 6.41. The lowest BCUT2D eigenvalue weighted by molar-refractivity contribution is 0.547. The van der Waals surface area contributed by atoms with Crippen molar-refractivity contribution < 1.29 is 0 Å². The molecule has 0 aliphatic carbocycles. The summed E-state index contributed by atoms with van der Waals surface area (Å²) in [4.78, 5) is 0. The van der Waals surface area contributed by atoms with Crippen LogP contribution < -0.4 is 0 Å². The van der Waals surface area contributed by atoms with Crippen molar-refractivity contribution >= 4 is 0 Å². The Kier molecular flexibility index (Phi) is 5.14. The summed E-state index contributed by atoms with van der Waals surface area (Å²) in [5.41, 5.74) is 0. The smallest absolute Gasteiger partial charge is 0.0174 e. The van der Waals surface area contributed by atoms with E-state index in [9.17, 15) is 0 Å². The van der Waals surface area contributed by atoms with Gasteiger partial charge in [-0.05, 0) is 25.2 Å². The van der Waals surface area contributed by atoms with Gasteiger partial charge in [-0.1, -0.05) is 27.2 Å². The first-order valence-electron chi connectivity index (χ1n) is 3.52. The molecule has 0 saturated heterocycles. The number of hydrogen-bond donors (Lipinski definition) is 0. The first-order valence-corrected chi connectivity index (χ1v) is 3.52. The van der Waals surface area contributed by atoms with Gasteiger partial charge < -0.3 is 0 Å². The van der Waals surface area contributed by atoms with Crippen molar-refractivity contribution in [3.63, 3.8) is 0 Å². The van der Waals surface area contributed by atoms with E-state index in [1.54, 1.807) is 0 Å². The Bertz CT molecular complexity index is 39.3. The fourth-order valence-corrected chi connectivity index (χ4v) is 0.535. The lowest BCUT2D eigenvalue weighted by Gasteiger charge is -2.03. The van der Waals surface area contributed by atoms with Gasteiger partial charge in [0.05, 0.1) is 0 Å². The maximum atomic E-state index is 3.30. The van der Waals surface area contributed by atoms with E-state index in [4.69, 9.17) is 0 Å². The SMILES string of the molecule is CC[C]CC(C)CC. The van der Waals surface area contributed by atoms with Gasteiger partial charge in [0, 0.05) is 0 Å². The molecule has 8 heavy (non-hydrogen) atoms. The number of unbranched alkanes of at least 4 members (excludes halogenated alkanes) is 1. The van der Waals surface area contributed by atoms with E-state index in [-0.39, 0.29) is 0 Å². The average molecular weight is 112 g/mol. The highest BCUT2D eigenvalue weighted by molar-refractivity contribution is 4.64. The molecular formula is C8H16. The summed E-state index contributed by atoms with van der Waals surface area (Å²) in [5, 5.41) is 0. The van der Waals surface area contributed by atoms with Crippen LogP contribution in [0.5, 0.6) is 0 Å². The van der Waals surface area contributed by atoms with Crippen LogP contribution in [0.15, 0.2) is 0 Å². The first kappa shape index (κ1) is 8.00. The summed E-state index contributed by atoms with van der Waals surface area (Å²) in [7, 11) is 0. The Labute approximate surface area is 53.3 Å². The van der Waals surface area contributed by atoms with Crippen molar-refractivity contribution in [2.75, 3.05) is 0 Å². The lowest BCUT2D eigenvalue weighted by Crippen LogP contribution is -1.90. The molecule has 0 rings (SSSR count). The van der Waals surface area contributed by atoms with Crippen molar-refractivity contribution in [1.29, 1.82) is 0 Å². The van der Waals surface area contributed by atoms with Crippen LogP contribution in [0.25, 0.3) is 0 Å². The van der Waals surface area contributed by atoms with Crippen molar-refractivity contribution in [2.24, 2.45) is 5.92 Å². The predicted molar refractivity (Wildman–Crippen MR) is 37.6 cm³/mol. The van der Waals surface area contributed by atoms with E-state index in [0.717, 1.165) is 12.3 Å². The molecule has 0 spiro atoms. The van der Waals surface area contributed by atoms with Gasteiger partial charge in [-0.3, -0.25) is 0 Å². The molecule has 0 aromatic carbocycles. The lowest BCUT2D eigenvalue weighted by atomic mass is 10.0. The van der Waals surface area contributed by atoms with Crippen LogP contribution in [-0.2, 0) is 0 Å². The van der Waals surface area contributed by atoms with Crippen LogP contribution in [0, 0.1) is 12.3 Å². The second-order valence-corrected chi connectivity index (χ2v) is 2.32. The van der Waals surface area contributed by atoms with E-state index in [1.165, 1.54) is 12.8 Å². The molecule has 0 N–H and O–H groups in total. The highest BCUT2D eigenvalue weighted by Crippen LogP contribution is 2.08. The third kappa shape index (κ3) is 4.17. The van der Waals surface area contributed by atoms with Gasteiger partial charge in [-0.25, -0.2) is 0 Å². The number of rotatable bonds is 4. The standard InChI is InChI=1S/C8H16/c1-4-6-7-8(3)5-2/h8H,4-5,7H2,1-3H3. The van der Waals surface area contributed by atoms with Crippen LogP contribution in [0.3, 0.4) is 0 Å². The van der Waals surface area contributed by atoms with Crippen LogP contribution >= 0.6 is 0 Å². The van der Waals surface area contributed by atoms with Gasteiger partial charge in [0.15, 0.2) is 0 Å². The summed E-state index contributed by atoms with van der Waals surface area (Å²) in [6, 6.07) is 0. The molecule has 48 valence electrons. The zero-order valence-electron chi connectivity index (χ0n) is 6.20. The van der Waals surface area contributed by atoms with Gasteiger partial charge in [-0.2, -0.15) is 0 Å². The Balaban J connectivity index is 2.86. The van der Waals surface area contributed by atoms with Crippen molar-refractivity contribution in [3.8, 4) is 0 Å². The number of hydrogen-bond acceptors (Lipinski definition) is 0. The highest BCUT2D eigenvalue weighted by atomic mass is 14.0. The zero-order valence-corrected chi connectivity index (χ0v) is 6.20. The van der Waals surface area contributed by atoms with Crippen LogP contribution in [0.2, 0.25) is 0 Å². The average Bonchev–Trinajstić information content (AvgIpc) is 1.83. The molecule has 0 fully saturated rings. The molecule has 0 aromatic rings. The molecule has 0 heterocycles. The minimum Gasteiger partial charge on any atom is -0.0651 e. The molecule has 0 amide bonds. The summed E-state index contributed by atoms with van der Waals surface area (Å²) in [6.45, 7) is 6.63. The summed E-state index contributed by atoms with van der Waals surface area (Å²) in [6.07, 6.45) is 6.86. The van der Waals surface area contributed by atoms with Crippen molar-refractivity contribution in [1.82, 2.24) is 0 Å². The molecule has 0 aliphatic rings. The molecule has 0 saturated carbocycles. The Hall–Kier alpha value is 0. The Morgan fingerprint density at radius 1 is 1.38 bits per heavy atom. The summed E-state index contributed by atoms with van der Waals surface area (Å²) in [5.74, 6) is 0.843. The Morgan fingerprint density at radius 2 is 2.00 bits per heavy atom.